The maximum absolute atomic E-state index is 12.0. The van der Waals surface area contributed by atoms with Crippen molar-refractivity contribution in [2.75, 3.05) is 33.2 Å². The summed E-state index contributed by atoms with van der Waals surface area (Å²) in [4.78, 5) is 27.0. The summed E-state index contributed by atoms with van der Waals surface area (Å²) in [6.45, 7) is 8.20. The van der Waals surface area contributed by atoms with Crippen molar-refractivity contribution in [3.8, 4) is 0 Å². The number of likely N-dealkylation sites (N-methyl/N-ethyl adjacent to an activating group) is 1. The van der Waals surface area contributed by atoms with E-state index in [1.54, 1.807) is 13.8 Å². The van der Waals surface area contributed by atoms with Crippen molar-refractivity contribution in [1.82, 2.24) is 15.1 Å². The number of hydrogen-bond donors (Lipinski definition) is 2. The molecule has 0 aromatic heterocycles. The van der Waals surface area contributed by atoms with Gasteiger partial charge in [-0.2, -0.15) is 0 Å². The normalized spacial score (nSPS) is 21.3. The molecule has 1 aliphatic rings. The number of piperazine rings is 1. The van der Waals surface area contributed by atoms with E-state index in [4.69, 9.17) is 5.11 Å². The van der Waals surface area contributed by atoms with Gasteiger partial charge < -0.3 is 20.2 Å². The SMILES string of the molecule is CC1CN(C)CCN1C(=O)NCCC(C)(C)C(=O)O. The van der Waals surface area contributed by atoms with Gasteiger partial charge in [0.15, 0.2) is 0 Å². The molecule has 2 N–H and O–H groups in total. The number of hydrogen-bond acceptors (Lipinski definition) is 3. The molecule has 19 heavy (non-hydrogen) atoms. The van der Waals surface area contributed by atoms with Gasteiger partial charge in [0.25, 0.3) is 0 Å². The summed E-state index contributed by atoms with van der Waals surface area (Å²) in [7, 11) is 2.04. The Bertz CT molecular complexity index is 344. The number of rotatable bonds is 4. The molecule has 6 nitrogen and oxygen atoms in total. The molecule has 1 heterocycles. The molecule has 0 bridgehead atoms. The molecule has 1 fully saturated rings. The van der Waals surface area contributed by atoms with Crippen LogP contribution in [0.2, 0.25) is 0 Å². The first-order valence-corrected chi connectivity index (χ1v) is 6.70. The van der Waals surface area contributed by atoms with Gasteiger partial charge in [0.2, 0.25) is 0 Å². The number of urea groups is 1. The number of amides is 2. The molecule has 0 radical (unpaired) electrons. The van der Waals surface area contributed by atoms with Gasteiger partial charge in [0, 0.05) is 32.2 Å². The standard InChI is InChI=1S/C13H25N3O3/c1-10-9-15(4)7-8-16(10)12(19)14-6-5-13(2,3)11(17)18/h10H,5-9H2,1-4H3,(H,14,19)(H,17,18). The summed E-state index contributed by atoms with van der Waals surface area (Å²) in [6.07, 6.45) is 0.427. The molecule has 1 aliphatic heterocycles. The lowest BCUT2D eigenvalue weighted by molar-refractivity contribution is -0.147. The van der Waals surface area contributed by atoms with Crippen molar-refractivity contribution in [2.24, 2.45) is 5.41 Å². The van der Waals surface area contributed by atoms with E-state index in [0.717, 1.165) is 13.1 Å². The van der Waals surface area contributed by atoms with E-state index >= 15 is 0 Å². The smallest absolute Gasteiger partial charge is 0.317 e. The molecule has 0 aromatic rings. The second kappa shape index (κ2) is 6.23. The Morgan fingerprint density at radius 2 is 2.00 bits per heavy atom. The summed E-state index contributed by atoms with van der Waals surface area (Å²) in [5.41, 5.74) is -0.805. The fourth-order valence-corrected chi connectivity index (χ4v) is 2.13. The molecule has 0 spiro atoms. The number of carboxylic acids is 1. The van der Waals surface area contributed by atoms with Crippen LogP contribution in [0.1, 0.15) is 27.2 Å². The molecule has 2 amide bonds. The first kappa shape index (κ1) is 15.8. The van der Waals surface area contributed by atoms with E-state index in [9.17, 15) is 9.59 Å². The summed E-state index contributed by atoms with van der Waals surface area (Å²) < 4.78 is 0. The lowest BCUT2D eigenvalue weighted by atomic mass is 9.90. The maximum atomic E-state index is 12.0. The van der Waals surface area contributed by atoms with Gasteiger partial charge in [-0.1, -0.05) is 0 Å². The van der Waals surface area contributed by atoms with Crippen LogP contribution in [-0.4, -0.2) is 66.2 Å². The Kier molecular flexibility index (Phi) is 5.17. The Balaban J connectivity index is 2.38. The van der Waals surface area contributed by atoms with Gasteiger partial charge in [-0.3, -0.25) is 4.79 Å². The van der Waals surface area contributed by atoms with Gasteiger partial charge in [-0.25, -0.2) is 4.79 Å². The molecule has 0 aromatic carbocycles. The van der Waals surface area contributed by atoms with Gasteiger partial charge in [0.05, 0.1) is 5.41 Å². The summed E-state index contributed by atoms with van der Waals surface area (Å²) in [6, 6.07) is 0.0908. The largest absolute Gasteiger partial charge is 0.481 e. The minimum atomic E-state index is -0.838. The third-order valence-electron chi connectivity index (χ3n) is 3.70. The van der Waals surface area contributed by atoms with E-state index in [1.807, 2.05) is 18.9 Å². The van der Waals surface area contributed by atoms with E-state index in [2.05, 4.69) is 10.2 Å². The minimum Gasteiger partial charge on any atom is -0.481 e. The van der Waals surface area contributed by atoms with Crippen LogP contribution in [0.15, 0.2) is 0 Å². The topological polar surface area (TPSA) is 72.9 Å². The zero-order chi connectivity index (χ0) is 14.6. The highest BCUT2D eigenvalue weighted by atomic mass is 16.4. The average molecular weight is 271 g/mol. The quantitative estimate of drug-likeness (QED) is 0.794. The molecule has 1 rings (SSSR count). The second-order valence-electron chi connectivity index (χ2n) is 5.98. The molecule has 6 heteroatoms. The minimum absolute atomic E-state index is 0.0956. The maximum Gasteiger partial charge on any atom is 0.317 e. The number of carbonyl (C=O) groups excluding carboxylic acids is 1. The number of aliphatic carboxylic acids is 1. The molecule has 1 atom stereocenters. The fraction of sp³-hybridized carbons (Fsp3) is 0.846. The summed E-state index contributed by atoms with van der Waals surface area (Å²) in [5.74, 6) is -0.838. The Morgan fingerprint density at radius 3 is 2.53 bits per heavy atom. The zero-order valence-electron chi connectivity index (χ0n) is 12.3. The van der Waals surface area contributed by atoms with Crippen LogP contribution < -0.4 is 5.32 Å². The van der Waals surface area contributed by atoms with Crippen LogP contribution in [0.25, 0.3) is 0 Å². The monoisotopic (exact) mass is 271 g/mol. The van der Waals surface area contributed by atoms with Crippen molar-refractivity contribution in [1.29, 1.82) is 0 Å². The number of carbonyl (C=O) groups is 2. The highest BCUT2D eigenvalue weighted by molar-refractivity contribution is 5.75. The lowest BCUT2D eigenvalue weighted by Crippen LogP contribution is -2.55. The van der Waals surface area contributed by atoms with E-state index in [0.29, 0.717) is 19.5 Å². The summed E-state index contributed by atoms with van der Waals surface area (Å²) >= 11 is 0. The summed E-state index contributed by atoms with van der Waals surface area (Å²) in [5, 5.41) is 11.8. The molecule has 1 saturated heterocycles. The predicted octanol–water partition coefficient (Wildman–Crippen LogP) is 0.833. The fourth-order valence-electron chi connectivity index (χ4n) is 2.13. The third kappa shape index (κ3) is 4.38. The van der Waals surface area contributed by atoms with E-state index < -0.39 is 11.4 Å². The van der Waals surface area contributed by atoms with Crippen LogP contribution in [0, 0.1) is 5.41 Å². The van der Waals surface area contributed by atoms with E-state index in [1.165, 1.54) is 0 Å². The van der Waals surface area contributed by atoms with Crippen molar-refractivity contribution < 1.29 is 14.7 Å². The molecule has 1 unspecified atom stereocenters. The van der Waals surface area contributed by atoms with Crippen LogP contribution >= 0.6 is 0 Å². The average Bonchev–Trinajstić information content (AvgIpc) is 2.28. The number of nitrogens with one attached hydrogen (secondary N) is 1. The number of carboxylic acid groups (broad SMARTS) is 1. The number of nitrogens with zero attached hydrogens (tertiary/aromatic N) is 2. The van der Waals surface area contributed by atoms with Crippen LogP contribution in [0.5, 0.6) is 0 Å². The van der Waals surface area contributed by atoms with Crippen molar-refractivity contribution in [3.63, 3.8) is 0 Å². The highest BCUT2D eigenvalue weighted by Crippen LogP contribution is 2.19. The van der Waals surface area contributed by atoms with Crippen molar-refractivity contribution in [2.45, 2.75) is 33.2 Å². The van der Waals surface area contributed by atoms with Crippen molar-refractivity contribution >= 4 is 12.0 Å². The van der Waals surface area contributed by atoms with Crippen LogP contribution in [-0.2, 0) is 4.79 Å². The van der Waals surface area contributed by atoms with Gasteiger partial charge in [-0.15, -0.1) is 0 Å². The molecular formula is C13H25N3O3. The Hall–Kier alpha value is -1.30. The van der Waals surface area contributed by atoms with E-state index in [-0.39, 0.29) is 12.1 Å². The van der Waals surface area contributed by atoms with Crippen LogP contribution in [0.4, 0.5) is 4.79 Å². The Morgan fingerprint density at radius 1 is 1.37 bits per heavy atom. The lowest BCUT2D eigenvalue weighted by Gasteiger charge is -2.38. The first-order valence-electron chi connectivity index (χ1n) is 6.70. The van der Waals surface area contributed by atoms with Crippen LogP contribution in [0.3, 0.4) is 0 Å². The second-order valence-corrected chi connectivity index (χ2v) is 5.98. The molecule has 0 aliphatic carbocycles. The first-order chi connectivity index (χ1) is 8.74. The van der Waals surface area contributed by atoms with Gasteiger partial charge in [-0.05, 0) is 34.2 Å². The zero-order valence-corrected chi connectivity index (χ0v) is 12.3. The van der Waals surface area contributed by atoms with Gasteiger partial charge in [0.1, 0.15) is 0 Å². The van der Waals surface area contributed by atoms with Gasteiger partial charge >= 0.3 is 12.0 Å². The van der Waals surface area contributed by atoms with Crippen molar-refractivity contribution in [3.05, 3.63) is 0 Å². The Labute approximate surface area is 114 Å². The molecule has 0 saturated carbocycles. The highest BCUT2D eigenvalue weighted by Gasteiger charge is 2.28. The predicted molar refractivity (Wildman–Crippen MR) is 73.1 cm³/mol. The molecule has 110 valence electrons. The molecular weight excluding hydrogens is 246 g/mol. The third-order valence-corrected chi connectivity index (χ3v) is 3.70.